The van der Waals surface area contributed by atoms with Crippen LogP contribution in [0.3, 0.4) is 0 Å². The number of hydrogen-bond acceptors (Lipinski definition) is 0. The molecule has 1 rings (SSSR count). The third-order valence-electron chi connectivity index (χ3n) is 0.941. The minimum atomic E-state index is 1.29. The van der Waals surface area contributed by atoms with Crippen molar-refractivity contribution >= 4 is 0 Å². The van der Waals surface area contributed by atoms with Gasteiger partial charge in [0.15, 0.2) is 0 Å². The average Bonchev–Trinajstić information content (AvgIpc) is 2.21. The molecule has 0 aromatic rings. The predicted molar refractivity (Wildman–Crippen MR) is 27.3 cm³/mol. The lowest BCUT2D eigenvalue weighted by molar-refractivity contribution is 0.903. The summed E-state index contributed by atoms with van der Waals surface area (Å²) in [4.78, 5) is 0. The van der Waals surface area contributed by atoms with Crippen molar-refractivity contribution < 1.29 is 0 Å². The van der Waals surface area contributed by atoms with Gasteiger partial charge in [-0.25, -0.2) is 0 Å². The smallest absolute Gasteiger partial charge is 0.0187 e. The van der Waals surface area contributed by atoms with Crippen LogP contribution in [0.4, 0.5) is 0 Å². The van der Waals surface area contributed by atoms with Crippen molar-refractivity contribution in [3.63, 3.8) is 0 Å². The average molecular weight is 81.1 g/mol. The maximum Gasteiger partial charge on any atom is 0.0187 e. The van der Waals surface area contributed by atoms with E-state index in [2.05, 4.69) is 19.1 Å². The normalized spacial score (nSPS) is 18.8. The highest BCUT2D eigenvalue weighted by atomic mass is 14.1. The molecule has 0 amide bonds. The van der Waals surface area contributed by atoms with Gasteiger partial charge >= 0.3 is 0 Å². The Balaban J connectivity index is 1.90. The highest BCUT2D eigenvalue weighted by Gasteiger charge is 2.07. The Hall–Kier alpha value is -0.260. The maximum atomic E-state index is 2.20. The van der Waals surface area contributed by atoms with Gasteiger partial charge in [-0.15, -0.1) is 0 Å². The van der Waals surface area contributed by atoms with Gasteiger partial charge in [-0.05, 0) is 6.42 Å². The first-order chi connectivity index (χ1) is 2.93. The molecule has 0 N–H and O–H groups in total. The number of rotatable bonds is 2. The van der Waals surface area contributed by atoms with E-state index in [-0.39, 0.29) is 0 Å². The summed E-state index contributed by atoms with van der Waals surface area (Å²) in [5.74, 6) is 1.54. The van der Waals surface area contributed by atoms with Gasteiger partial charge in [-0.1, -0.05) is 25.5 Å². The molecule has 0 atom stereocenters. The van der Waals surface area contributed by atoms with Gasteiger partial charge < -0.3 is 0 Å². The second kappa shape index (κ2) is 1.46. The maximum absolute atomic E-state index is 2.20. The van der Waals surface area contributed by atoms with Crippen LogP contribution in [0.2, 0.25) is 0 Å². The van der Waals surface area contributed by atoms with Crippen molar-refractivity contribution in [2.24, 2.45) is 0 Å². The molecule has 0 nitrogen and oxygen atoms in total. The Kier molecular flexibility index (Phi) is 0.952. The molecule has 0 aromatic heterocycles. The van der Waals surface area contributed by atoms with Gasteiger partial charge in [0, 0.05) is 5.92 Å². The molecule has 0 saturated carbocycles. The van der Waals surface area contributed by atoms with E-state index in [1.807, 2.05) is 0 Å². The van der Waals surface area contributed by atoms with Gasteiger partial charge in [-0.3, -0.25) is 0 Å². The Bertz CT molecular complexity index is 56.4. The molecule has 0 unspecified atom stereocenters. The Morgan fingerprint density at radius 3 is 2.33 bits per heavy atom. The molecule has 0 spiro atoms. The zero-order valence-electron chi connectivity index (χ0n) is 4.07. The third kappa shape index (κ3) is 0.852. The second-order valence-electron chi connectivity index (χ2n) is 1.66. The topological polar surface area (TPSA) is 0 Å². The fourth-order valence-electron chi connectivity index (χ4n) is 0.514. The van der Waals surface area contributed by atoms with Crippen LogP contribution in [0.5, 0.6) is 0 Å². The minimum Gasteiger partial charge on any atom is -0.0765 e. The molecule has 0 heteroatoms. The number of allylic oxidation sites excluding steroid dienone is 2. The Morgan fingerprint density at radius 2 is 2.17 bits per heavy atom. The summed E-state index contributed by atoms with van der Waals surface area (Å²) in [7, 11) is 0. The lowest BCUT2D eigenvalue weighted by atomic mass is 10.2. The van der Waals surface area contributed by atoms with Gasteiger partial charge in [0.05, 0.1) is 0 Å². The summed E-state index contributed by atoms with van der Waals surface area (Å²) < 4.78 is 0. The van der Waals surface area contributed by atoms with Crippen molar-refractivity contribution in [3.05, 3.63) is 18.1 Å². The molecule has 1 aliphatic rings. The van der Waals surface area contributed by atoms with Crippen LogP contribution in [-0.4, -0.2) is 0 Å². The van der Waals surface area contributed by atoms with E-state index in [1.165, 1.54) is 18.8 Å². The zero-order valence-corrected chi connectivity index (χ0v) is 4.07. The molecule has 0 aromatic carbocycles. The molecular formula is C6H9. The quantitative estimate of drug-likeness (QED) is 0.476. The van der Waals surface area contributed by atoms with Gasteiger partial charge in [0.2, 0.25) is 0 Å². The Morgan fingerprint density at radius 1 is 1.50 bits per heavy atom. The summed E-state index contributed by atoms with van der Waals surface area (Å²) in [6.07, 6.45) is 6.93. The molecule has 1 aliphatic carbocycles. The van der Waals surface area contributed by atoms with Crippen LogP contribution in [0.15, 0.2) is 12.2 Å². The van der Waals surface area contributed by atoms with E-state index < -0.39 is 0 Å². The fraction of sp³-hybridized carbons (Fsp3) is 0.500. The van der Waals surface area contributed by atoms with Gasteiger partial charge in [0.1, 0.15) is 0 Å². The fourth-order valence-corrected chi connectivity index (χ4v) is 0.514. The van der Waals surface area contributed by atoms with E-state index in [1.54, 1.807) is 0 Å². The molecular weight excluding hydrogens is 72.1 g/mol. The molecule has 0 aliphatic heterocycles. The third-order valence-corrected chi connectivity index (χ3v) is 0.941. The highest BCUT2D eigenvalue weighted by molar-refractivity contribution is 5.38. The van der Waals surface area contributed by atoms with Crippen molar-refractivity contribution in [1.82, 2.24) is 0 Å². The molecule has 1 radical (unpaired) electrons. The monoisotopic (exact) mass is 81.1 g/mol. The van der Waals surface area contributed by atoms with Crippen LogP contribution in [-0.2, 0) is 0 Å². The van der Waals surface area contributed by atoms with Crippen LogP contribution in [0, 0.1) is 5.92 Å². The molecule has 0 heterocycles. The highest BCUT2D eigenvalue weighted by Crippen LogP contribution is 2.23. The van der Waals surface area contributed by atoms with E-state index in [9.17, 15) is 0 Å². The van der Waals surface area contributed by atoms with Crippen molar-refractivity contribution in [2.45, 2.75) is 19.8 Å². The first-order valence-corrected chi connectivity index (χ1v) is 2.47. The van der Waals surface area contributed by atoms with E-state index in [0.717, 1.165) is 0 Å². The van der Waals surface area contributed by atoms with Crippen LogP contribution in [0.1, 0.15) is 19.8 Å². The van der Waals surface area contributed by atoms with Gasteiger partial charge in [-0.2, -0.15) is 0 Å². The minimum absolute atomic E-state index is 1.29. The SMILES string of the molecule is CCC[C]1C=C1. The lowest BCUT2D eigenvalue weighted by Gasteiger charge is -1.83. The molecule has 0 saturated heterocycles. The summed E-state index contributed by atoms with van der Waals surface area (Å²) >= 11 is 0. The molecule has 33 valence electrons. The van der Waals surface area contributed by atoms with Crippen molar-refractivity contribution in [1.29, 1.82) is 0 Å². The molecule has 0 fully saturated rings. The molecule has 6 heavy (non-hydrogen) atoms. The largest absolute Gasteiger partial charge is 0.0765 e. The van der Waals surface area contributed by atoms with E-state index in [4.69, 9.17) is 0 Å². The lowest BCUT2D eigenvalue weighted by Crippen LogP contribution is -1.67. The number of hydrogen-bond donors (Lipinski definition) is 0. The Labute approximate surface area is 38.9 Å². The first kappa shape index (κ1) is 3.91. The summed E-state index contributed by atoms with van der Waals surface area (Å²) in [6.45, 7) is 2.20. The summed E-state index contributed by atoms with van der Waals surface area (Å²) in [5.41, 5.74) is 0. The standard InChI is InChI=1S/C6H9/c1-2-3-6-4-5-6/h4-5H,2-3H2,1H3. The van der Waals surface area contributed by atoms with Crippen LogP contribution >= 0.6 is 0 Å². The predicted octanol–water partition coefficient (Wildman–Crippen LogP) is 1.93. The van der Waals surface area contributed by atoms with Crippen LogP contribution < -0.4 is 0 Å². The van der Waals surface area contributed by atoms with Gasteiger partial charge in [0.25, 0.3) is 0 Å². The van der Waals surface area contributed by atoms with E-state index in [0.29, 0.717) is 0 Å². The summed E-state index contributed by atoms with van der Waals surface area (Å²) in [6, 6.07) is 0. The van der Waals surface area contributed by atoms with Crippen LogP contribution in [0.25, 0.3) is 0 Å². The zero-order chi connectivity index (χ0) is 4.41. The van der Waals surface area contributed by atoms with Crippen molar-refractivity contribution in [3.8, 4) is 0 Å². The first-order valence-electron chi connectivity index (χ1n) is 2.47. The summed E-state index contributed by atoms with van der Waals surface area (Å²) in [5, 5.41) is 0. The molecule has 0 bridgehead atoms. The van der Waals surface area contributed by atoms with Crippen molar-refractivity contribution in [2.75, 3.05) is 0 Å². The van der Waals surface area contributed by atoms with E-state index >= 15 is 0 Å². The second-order valence-corrected chi connectivity index (χ2v) is 1.66.